The number of rotatable bonds is 26. The van der Waals surface area contributed by atoms with Gasteiger partial charge in [-0.25, -0.2) is 57.4 Å². The number of nitrogen functional groups attached to an aromatic ring is 1. The number of imidazole rings is 2. The molecule has 3 fully saturated rings. The van der Waals surface area contributed by atoms with E-state index in [0.29, 0.717) is 49.8 Å². The predicted octanol–water partition coefficient (Wildman–Crippen LogP) is 4.23. The van der Waals surface area contributed by atoms with Crippen LogP contribution in [0.15, 0.2) is 61.7 Å². The van der Waals surface area contributed by atoms with Crippen LogP contribution < -0.4 is 43.4 Å². The van der Waals surface area contributed by atoms with E-state index < -0.39 is 112 Å². The van der Waals surface area contributed by atoms with E-state index in [1.165, 1.54) is 40.3 Å². The number of hydrogen-bond donors (Lipinski definition) is 10. The number of carbonyl (C=O) groups is 7. The van der Waals surface area contributed by atoms with Gasteiger partial charge in [0.2, 0.25) is 17.7 Å². The van der Waals surface area contributed by atoms with E-state index in [-0.39, 0.29) is 103 Å². The number of hydrogen-bond acceptors (Lipinski definition) is 24. The van der Waals surface area contributed by atoms with Gasteiger partial charge >= 0.3 is 25.7 Å². The van der Waals surface area contributed by atoms with Crippen molar-refractivity contribution in [2.24, 2.45) is 11.7 Å². The van der Waals surface area contributed by atoms with Crippen molar-refractivity contribution in [3.63, 3.8) is 0 Å². The molecule has 4 aliphatic heterocycles. The first kappa shape index (κ1) is 68.9. The topological polar surface area (TPSA) is 433 Å². The number of alkyl halides is 2. The van der Waals surface area contributed by atoms with Crippen LogP contribution in [0.2, 0.25) is 0 Å². The Bertz CT molecular complexity index is 3620. The van der Waals surface area contributed by atoms with Gasteiger partial charge in [0.05, 0.1) is 25.9 Å². The first-order valence-electron chi connectivity index (χ1n) is 29.2. The fraction of sp³-hybridized carbons (Fsp3) is 0.528. The molecule has 4 aliphatic rings. The second-order valence-electron chi connectivity index (χ2n) is 21.9. The Morgan fingerprint density at radius 3 is 1.95 bits per heavy atom. The molecule has 0 radical (unpaired) electrons. The monoisotopic (exact) mass is 1360 g/mol. The molecule has 8 heterocycles. The molecule has 0 aliphatic carbocycles. The molecule has 92 heavy (non-hydrogen) atoms. The Balaban J connectivity index is 0.719. The molecule has 3 saturated heterocycles. The highest BCUT2D eigenvalue weighted by molar-refractivity contribution is 8.44. The minimum atomic E-state index is -4.53. The van der Waals surface area contributed by atoms with E-state index in [2.05, 4.69) is 86.3 Å². The number of nitrogens with zero attached hydrogens (tertiary/aromatic N) is 9. The summed E-state index contributed by atoms with van der Waals surface area (Å²) in [5, 5.41) is 16.6. The van der Waals surface area contributed by atoms with Crippen molar-refractivity contribution in [1.82, 2.24) is 65.2 Å². The Hall–Kier alpha value is -7.47. The summed E-state index contributed by atoms with van der Waals surface area (Å²) in [6, 6.07) is 3.71. The molecule has 8 amide bonds. The maximum Gasteiger partial charge on any atom is 0.407 e. The SMILES string of the molecule is CC(C)C(NC(=O)CCCCCN1C(=O)C=CC1=O)C(=O)N[C@@H](CCCCNC(N)=O)C(=O)Nc1ccc(COC(=O)NCCCNc2ncnc3c2ncn3[C@@H]2O[C@@H]3CO[P@@](=O)(S)O[C@@H]4C(CO[P@@](=O)(S)O[C@H]3[C@H]2F)O[C@@H](n2cnc3c(N)ncnc32)[C@@H]4F)cc1. The van der Waals surface area contributed by atoms with E-state index in [4.69, 9.17) is 43.8 Å². The van der Waals surface area contributed by atoms with Crippen LogP contribution in [0.1, 0.15) is 83.2 Å². The average molecular weight is 1360 g/mol. The molecule has 4 aromatic heterocycles. The molecule has 498 valence electrons. The van der Waals surface area contributed by atoms with Crippen molar-refractivity contribution < 1.29 is 83.8 Å². The van der Waals surface area contributed by atoms with Crippen molar-refractivity contribution in [2.45, 2.75) is 133 Å². The number of anilines is 3. The molecule has 33 nitrogen and oxygen atoms in total. The molecule has 5 aromatic rings. The minimum absolute atomic E-state index is 0.0170. The predicted molar refractivity (Wildman–Crippen MR) is 328 cm³/mol. The number of carbonyl (C=O) groups excluding carboxylic acids is 7. The Kier molecular flexibility index (Phi) is 23.2. The summed E-state index contributed by atoms with van der Waals surface area (Å²) in [6.45, 7) is -6.24. The number of alkyl carbamates (subject to hydrolysis) is 1. The lowest BCUT2D eigenvalue weighted by Crippen LogP contribution is -2.54. The number of primary amides is 1. The third-order valence-electron chi connectivity index (χ3n) is 15.0. The van der Waals surface area contributed by atoms with Crippen LogP contribution in [0.3, 0.4) is 0 Å². The molecule has 2 unspecified atom stereocenters. The van der Waals surface area contributed by atoms with E-state index >= 15 is 8.78 Å². The van der Waals surface area contributed by atoms with Gasteiger partial charge < -0.3 is 57.6 Å². The summed E-state index contributed by atoms with van der Waals surface area (Å²) in [4.78, 5) is 114. The fourth-order valence-corrected chi connectivity index (χ4v) is 13.2. The number of amides is 8. The van der Waals surface area contributed by atoms with Gasteiger partial charge in [0.15, 0.2) is 53.2 Å². The van der Waals surface area contributed by atoms with Gasteiger partial charge in [-0.2, -0.15) is 0 Å². The van der Waals surface area contributed by atoms with Gasteiger partial charge in [-0.3, -0.25) is 56.1 Å². The number of unbranched alkanes of at least 4 members (excludes halogenated alkanes) is 3. The number of thiol groups is 2. The molecule has 39 heteroatoms. The fourth-order valence-electron chi connectivity index (χ4n) is 10.3. The van der Waals surface area contributed by atoms with Crippen LogP contribution in [-0.4, -0.2) is 174 Å². The van der Waals surface area contributed by atoms with Crippen LogP contribution in [0.4, 0.5) is 35.7 Å². The highest BCUT2D eigenvalue weighted by atomic mass is 32.7. The highest BCUT2D eigenvalue weighted by Crippen LogP contribution is 2.60. The number of fused-ring (bicyclic) bond motifs is 4. The lowest BCUT2D eigenvalue weighted by atomic mass is 10.0. The van der Waals surface area contributed by atoms with Crippen molar-refractivity contribution in [1.29, 1.82) is 0 Å². The largest absolute Gasteiger partial charge is 0.445 e. The van der Waals surface area contributed by atoms with Crippen LogP contribution in [0.25, 0.3) is 22.3 Å². The van der Waals surface area contributed by atoms with Crippen LogP contribution in [0, 0.1) is 5.92 Å². The summed E-state index contributed by atoms with van der Waals surface area (Å²) >= 11 is 8.14. The Morgan fingerprint density at radius 2 is 1.33 bits per heavy atom. The quantitative estimate of drug-likeness (QED) is 0.0160. The molecule has 0 bridgehead atoms. The van der Waals surface area contributed by atoms with Crippen molar-refractivity contribution >= 4 is 119 Å². The van der Waals surface area contributed by atoms with Gasteiger partial charge in [0.25, 0.3) is 11.8 Å². The van der Waals surface area contributed by atoms with Crippen molar-refractivity contribution in [3.05, 3.63) is 67.3 Å². The van der Waals surface area contributed by atoms with E-state index in [9.17, 15) is 42.7 Å². The molecule has 10 N–H and O–H groups in total. The molecule has 0 saturated carbocycles. The van der Waals surface area contributed by atoms with Crippen LogP contribution in [-0.2, 0) is 72.0 Å². The number of nitrogens with two attached hydrogens (primary N) is 2. The Morgan fingerprint density at radius 1 is 0.728 bits per heavy atom. The summed E-state index contributed by atoms with van der Waals surface area (Å²) < 4.78 is 102. The standard InChI is InChI=1S/C53H69F2N17O16P2S2/c1-28(2)39(69-34(73)10-4-3-7-20-70-35(74)15-16-36(70)75)49(77)68-31(9-5-6-17-59-52(57)78)48(76)67-30-13-11-29(12-14-30)21-82-53(79)60-19-8-18-58-45-41-47(64-25-62-45)72(27-66-41)51-38(55)43-33(86-51)23-84-89(80,91)87-42-32(22-83-90(81,92)88-43)85-50(37(42)54)71-26-65-40-44(56)61-24-63-46(40)71/h11-16,24-28,31-33,37-39,42-43,50-51H,3-10,17-23H2,1-2H3,(H,60,79)(H,67,76)(H,68,77)(H,69,73)(H,80,91)(H,81,92)(H2,56,61,63)(H3,57,59,78)(H,58,62,64)/t31-,32?,33+,37+,38+,39?,42+,43+,50+,51+,89+,90+/m0/s1. The number of nitrogens with one attached hydrogen (secondary N) is 6. The lowest BCUT2D eigenvalue weighted by Gasteiger charge is -2.28. The van der Waals surface area contributed by atoms with E-state index in [1.807, 2.05) is 0 Å². The number of ether oxygens (including phenoxy) is 3. The number of aromatic nitrogens is 8. The smallest absolute Gasteiger partial charge is 0.407 e. The highest BCUT2D eigenvalue weighted by Gasteiger charge is 2.54. The maximum absolute atomic E-state index is 16.7. The number of urea groups is 1. The summed E-state index contributed by atoms with van der Waals surface area (Å²) in [6.07, 6.45) is -4.15. The van der Waals surface area contributed by atoms with Gasteiger partial charge in [-0.1, -0.05) is 56.9 Å². The molecule has 0 spiro atoms. The van der Waals surface area contributed by atoms with Crippen molar-refractivity contribution in [3.8, 4) is 0 Å². The van der Waals surface area contributed by atoms with Gasteiger partial charge in [-0.05, 0) is 62.1 Å². The average Bonchev–Trinajstić information content (AvgIpc) is 1.69. The summed E-state index contributed by atoms with van der Waals surface area (Å²) in [7, 11) is 0. The van der Waals surface area contributed by atoms with Crippen LogP contribution in [0.5, 0.6) is 0 Å². The first-order chi connectivity index (χ1) is 44.0. The zero-order valence-electron chi connectivity index (χ0n) is 49.5. The van der Waals surface area contributed by atoms with E-state index in [1.54, 1.807) is 38.1 Å². The van der Waals surface area contributed by atoms with E-state index in [0.717, 1.165) is 11.2 Å². The maximum atomic E-state index is 16.7. The summed E-state index contributed by atoms with van der Waals surface area (Å²) in [5.41, 5.74) is 12.6. The molecular weight excluding hydrogens is 1290 g/mol. The zero-order valence-corrected chi connectivity index (χ0v) is 53.1. The molecule has 1 aromatic carbocycles. The molecular formula is C53H69F2N17O16P2S2. The number of halogens is 2. The van der Waals surface area contributed by atoms with Crippen LogP contribution >= 0.6 is 38.1 Å². The third-order valence-corrected chi connectivity index (χ3v) is 18.2. The van der Waals surface area contributed by atoms with Gasteiger partial charge in [0.1, 0.15) is 61.3 Å². The number of benzene rings is 1. The Labute approximate surface area is 534 Å². The first-order valence-corrected chi connectivity index (χ1v) is 34.6. The number of imide groups is 1. The zero-order chi connectivity index (χ0) is 65.9. The third kappa shape index (κ3) is 17.6. The van der Waals surface area contributed by atoms with Gasteiger partial charge in [-0.15, -0.1) is 0 Å². The second-order valence-corrected chi connectivity index (χ2v) is 27.6. The minimum Gasteiger partial charge on any atom is -0.445 e. The second kappa shape index (κ2) is 31.0. The van der Waals surface area contributed by atoms with Crippen molar-refractivity contribution in [2.75, 3.05) is 55.8 Å². The molecule has 12 atom stereocenters. The molecule has 9 rings (SSSR count). The normalized spacial score (nSPS) is 25.5. The van der Waals surface area contributed by atoms with Gasteiger partial charge in [0, 0.05) is 50.4 Å². The summed E-state index contributed by atoms with van der Waals surface area (Å²) in [5.74, 6) is -2.36. The lowest BCUT2D eigenvalue weighted by molar-refractivity contribution is -0.137.